The highest BCUT2D eigenvalue weighted by Gasteiger charge is 2.31. The van der Waals surface area contributed by atoms with Crippen molar-refractivity contribution in [2.75, 3.05) is 7.11 Å². The number of benzene rings is 1. The molecule has 2 unspecified atom stereocenters. The molecule has 0 radical (unpaired) electrons. The highest BCUT2D eigenvalue weighted by Crippen LogP contribution is 2.41. The second-order valence-electron chi connectivity index (χ2n) is 6.26. The fourth-order valence-corrected chi connectivity index (χ4v) is 3.22. The lowest BCUT2D eigenvalue weighted by molar-refractivity contribution is 0.161. The molecule has 0 aliphatic heterocycles. The van der Waals surface area contributed by atoms with Crippen LogP contribution in [0.5, 0.6) is 0 Å². The number of hydrogen-bond acceptors (Lipinski definition) is 2. The Morgan fingerprint density at radius 2 is 2.09 bits per heavy atom. The third-order valence-corrected chi connectivity index (χ3v) is 4.54. The minimum atomic E-state index is -0.375. The van der Waals surface area contributed by atoms with Gasteiger partial charge in [-0.15, -0.1) is 0 Å². The maximum Gasteiger partial charge on any atom is 0.407 e. The molecule has 124 valence electrons. The van der Waals surface area contributed by atoms with Crippen molar-refractivity contribution in [1.29, 1.82) is 0 Å². The first-order chi connectivity index (χ1) is 11.2. The van der Waals surface area contributed by atoms with Crippen LogP contribution in [0.15, 0.2) is 54.6 Å². The Balaban J connectivity index is 2.21. The zero-order valence-corrected chi connectivity index (χ0v) is 14.1. The first-order valence-corrected chi connectivity index (χ1v) is 8.43. The zero-order valence-electron chi connectivity index (χ0n) is 14.1. The molecule has 0 spiro atoms. The first-order valence-electron chi connectivity index (χ1n) is 8.43. The van der Waals surface area contributed by atoms with Gasteiger partial charge in [-0.25, -0.2) is 4.79 Å². The van der Waals surface area contributed by atoms with Gasteiger partial charge in [0.15, 0.2) is 0 Å². The van der Waals surface area contributed by atoms with Crippen molar-refractivity contribution < 1.29 is 9.53 Å². The molecule has 23 heavy (non-hydrogen) atoms. The van der Waals surface area contributed by atoms with Crippen LogP contribution in [0, 0.1) is 5.41 Å². The number of hydrogen-bond donors (Lipinski definition) is 1. The average molecular weight is 313 g/mol. The van der Waals surface area contributed by atoms with Crippen molar-refractivity contribution in [3.05, 3.63) is 60.2 Å². The molecule has 1 aliphatic rings. The second-order valence-corrected chi connectivity index (χ2v) is 6.26. The number of carbonyl (C=O) groups is 1. The van der Waals surface area contributed by atoms with E-state index in [-0.39, 0.29) is 17.6 Å². The summed E-state index contributed by atoms with van der Waals surface area (Å²) in [7, 11) is 1.41. The summed E-state index contributed by atoms with van der Waals surface area (Å²) in [6, 6.07) is 10.1. The number of allylic oxidation sites excluding steroid dienone is 4. The lowest BCUT2D eigenvalue weighted by atomic mass is 9.72. The molecule has 1 aromatic rings. The Bertz CT molecular complexity index is 550. The van der Waals surface area contributed by atoms with Crippen LogP contribution >= 0.6 is 0 Å². The molecule has 1 aliphatic carbocycles. The molecule has 2 atom stereocenters. The summed E-state index contributed by atoms with van der Waals surface area (Å²) >= 11 is 0. The Hall–Kier alpha value is -2.03. The van der Waals surface area contributed by atoms with E-state index >= 15 is 0 Å². The van der Waals surface area contributed by atoms with E-state index in [9.17, 15) is 4.79 Å². The van der Waals surface area contributed by atoms with Crippen molar-refractivity contribution in [2.45, 2.75) is 45.1 Å². The van der Waals surface area contributed by atoms with Crippen molar-refractivity contribution in [2.24, 2.45) is 5.41 Å². The van der Waals surface area contributed by atoms with Crippen molar-refractivity contribution >= 4 is 6.09 Å². The number of alkyl carbamates (subject to hydrolysis) is 1. The minimum absolute atomic E-state index is 0.0448. The second kappa shape index (κ2) is 8.56. The molecule has 1 N–H and O–H groups in total. The molecular weight excluding hydrogens is 286 g/mol. The highest BCUT2D eigenvalue weighted by molar-refractivity contribution is 5.67. The van der Waals surface area contributed by atoms with Crippen molar-refractivity contribution in [3.63, 3.8) is 0 Å². The summed E-state index contributed by atoms with van der Waals surface area (Å²) < 4.78 is 4.82. The summed E-state index contributed by atoms with van der Waals surface area (Å²) in [6.07, 6.45) is 13.8. The summed E-state index contributed by atoms with van der Waals surface area (Å²) in [5.74, 6) is 0. The quantitative estimate of drug-likeness (QED) is 0.754. The lowest BCUT2D eigenvalue weighted by Crippen LogP contribution is -2.33. The van der Waals surface area contributed by atoms with Gasteiger partial charge in [-0.1, -0.05) is 74.4 Å². The van der Waals surface area contributed by atoms with Gasteiger partial charge in [-0.2, -0.15) is 0 Å². The van der Waals surface area contributed by atoms with E-state index in [1.807, 2.05) is 18.2 Å². The van der Waals surface area contributed by atoms with Gasteiger partial charge in [0.25, 0.3) is 0 Å². The third kappa shape index (κ3) is 4.98. The third-order valence-electron chi connectivity index (χ3n) is 4.54. The summed E-state index contributed by atoms with van der Waals surface area (Å²) in [4.78, 5) is 11.8. The van der Waals surface area contributed by atoms with E-state index < -0.39 is 0 Å². The van der Waals surface area contributed by atoms with Crippen LogP contribution in [0.3, 0.4) is 0 Å². The molecule has 3 heteroatoms. The van der Waals surface area contributed by atoms with Crippen LogP contribution in [0.25, 0.3) is 0 Å². The standard InChI is InChI=1S/C20H27NO2/c1-3-4-13-20(14-9-6-10-15-20)16-18(21-19(22)23-2)17-11-7-5-8-12-17/h5-12,14,18H,3-4,13,15-16H2,1-2H3,(H,21,22). The van der Waals surface area contributed by atoms with Crippen LogP contribution < -0.4 is 5.32 Å². The van der Waals surface area contributed by atoms with Crippen LogP contribution in [-0.2, 0) is 4.74 Å². The highest BCUT2D eigenvalue weighted by atomic mass is 16.5. The normalized spacial score (nSPS) is 21.0. The largest absolute Gasteiger partial charge is 0.453 e. The maximum absolute atomic E-state index is 11.8. The molecule has 0 saturated heterocycles. The van der Waals surface area contributed by atoms with Crippen molar-refractivity contribution in [3.8, 4) is 0 Å². The predicted molar refractivity (Wildman–Crippen MR) is 94.2 cm³/mol. The molecule has 0 aromatic heterocycles. The summed E-state index contributed by atoms with van der Waals surface area (Å²) in [5.41, 5.74) is 1.23. The number of amides is 1. The van der Waals surface area contributed by atoms with E-state index in [2.05, 4.69) is 48.7 Å². The van der Waals surface area contributed by atoms with Gasteiger partial charge >= 0.3 is 6.09 Å². The zero-order chi connectivity index (χ0) is 16.5. The number of rotatable bonds is 7. The molecule has 0 fully saturated rings. The van der Waals surface area contributed by atoms with Crippen LogP contribution in [0.4, 0.5) is 4.79 Å². The smallest absolute Gasteiger partial charge is 0.407 e. The van der Waals surface area contributed by atoms with Gasteiger partial charge in [0.1, 0.15) is 0 Å². The summed E-state index contributed by atoms with van der Waals surface area (Å²) in [5, 5.41) is 3.01. The molecule has 1 aromatic carbocycles. The molecule has 0 bridgehead atoms. The Labute approximate surface area is 139 Å². The number of nitrogens with one attached hydrogen (secondary N) is 1. The lowest BCUT2D eigenvalue weighted by Gasteiger charge is -2.35. The summed E-state index contributed by atoms with van der Waals surface area (Å²) in [6.45, 7) is 2.22. The van der Waals surface area contributed by atoms with Gasteiger partial charge in [-0.05, 0) is 30.2 Å². The molecule has 3 nitrogen and oxygen atoms in total. The van der Waals surface area contributed by atoms with Crippen molar-refractivity contribution in [1.82, 2.24) is 5.32 Å². The Morgan fingerprint density at radius 1 is 1.30 bits per heavy atom. The average Bonchev–Trinajstić information content (AvgIpc) is 2.61. The van der Waals surface area contributed by atoms with Crippen LogP contribution in [-0.4, -0.2) is 13.2 Å². The fraction of sp³-hybridized carbons (Fsp3) is 0.450. The SMILES string of the molecule is CCCCC1(CC(NC(=O)OC)c2ccccc2)C=CC=CC1. The van der Waals surface area contributed by atoms with Gasteiger partial charge < -0.3 is 10.1 Å². The monoisotopic (exact) mass is 313 g/mol. The van der Waals surface area contributed by atoms with Crippen LogP contribution in [0.2, 0.25) is 0 Å². The van der Waals surface area contributed by atoms with Crippen LogP contribution in [0.1, 0.15) is 50.6 Å². The first kappa shape index (κ1) is 17.3. The number of unbranched alkanes of at least 4 members (excludes halogenated alkanes) is 1. The van der Waals surface area contributed by atoms with E-state index in [1.165, 1.54) is 20.0 Å². The minimum Gasteiger partial charge on any atom is -0.453 e. The molecule has 1 amide bonds. The van der Waals surface area contributed by atoms with Gasteiger partial charge in [0.05, 0.1) is 13.2 Å². The predicted octanol–water partition coefficient (Wildman–Crippen LogP) is 5.17. The number of carbonyl (C=O) groups excluding carboxylic acids is 1. The fourth-order valence-electron chi connectivity index (χ4n) is 3.22. The van der Waals surface area contributed by atoms with E-state index in [4.69, 9.17) is 4.74 Å². The van der Waals surface area contributed by atoms with E-state index in [0.717, 1.165) is 24.8 Å². The molecule has 0 heterocycles. The van der Waals surface area contributed by atoms with Gasteiger partial charge in [0, 0.05) is 0 Å². The van der Waals surface area contributed by atoms with Gasteiger partial charge in [0.2, 0.25) is 0 Å². The van der Waals surface area contributed by atoms with E-state index in [1.54, 1.807) is 0 Å². The maximum atomic E-state index is 11.8. The number of methoxy groups -OCH3 is 1. The molecule has 2 rings (SSSR count). The Kier molecular flexibility index (Phi) is 6.45. The topological polar surface area (TPSA) is 38.3 Å². The Morgan fingerprint density at radius 3 is 2.70 bits per heavy atom. The number of ether oxygens (including phenoxy) is 1. The van der Waals surface area contributed by atoms with Gasteiger partial charge in [-0.3, -0.25) is 0 Å². The van der Waals surface area contributed by atoms with E-state index in [0.29, 0.717) is 0 Å². The molecule has 0 saturated carbocycles. The molecular formula is C20H27NO2.